The lowest BCUT2D eigenvalue weighted by Gasteiger charge is -2.32. The normalized spacial score (nSPS) is 12.8. The Morgan fingerprint density at radius 1 is 0.636 bits per heavy atom. The van der Waals surface area contributed by atoms with Crippen molar-refractivity contribution in [3.8, 4) is 0 Å². The van der Waals surface area contributed by atoms with Crippen molar-refractivity contribution in [2.75, 3.05) is 6.61 Å². The zero-order valence-electron chi connectivity index (χ0n) is 16.7. The van der Waals surface area contributed by atoms with Crippen molar-refractivity contribution in [3.05, 3.63) is 0 Å². The van der Waals surface area contributed by atoms with E-state index < -0.39 is 8.32 Å². The molecule has 0 aromatic heterocycles. The average molecular weight is 329 g/mol. The highest BCUT2D eigenvalue weighted by Gasteiger charge is 2.33. The molecule has 134 valence electrons. The van der Waals surface area contributed by atoms with Crippen molar-refractivity contribution >= 4 is 8.32 Å². The minimum Gasteiger partial charge on any atom is -0.417 e. The predicted molar refractivity (Wildman–Crippen MR) is 104 cm³/mol. The molecule has 0 N–H and O–H groups in total. The Morgan fingerprint density at radius 2 is 0.955 bits per heavy atom. The fraction of sp³-hybridized carbons (Fsp3) is 1.00. The SMILES string of the molecule is CCO[Si](CCCC(C)C)(CCCC(C)C)CCCC(C)C. The summed E-state index contributed by atoms with van der Waals surface area (Å²) < 4.78 is 6.51. The van der Waals surface area contributed by atoms with E-state index in [4.69, 9.17) is 4.43 Å². The van der Waals surface area contributed by atoms with Gasteiger partial charge in [0, 0.05) is 6.61 Å². The van der Waals surface area contributed by atoms with E-state index in [1.165, 1.54) is 56.7 Å². The minimum atomic E-state index is -1.50. The Labute approximate surface area is 142 Å². The van der Waals surface area contributed by atoms with Gasteiger partial charge in [0.1, 0.15) is 0 Å². The molecule has 2 heteroatoms. The lowest BCUT2D eigenvalue weighted by Crippen LogP contribution is -2.38. The van der Waals surface area contributed by atoms with Crippen molar-refractivity contribution in [3.63, 3.8) is 0 Å². The van der Waals surface area contributed by atoms with Crippen molar-refractivity contribution in [2.45, 2.75) is 105 Å². The zero-order chi connectivity index (χ0) is 17.0. The third kappa shape index (κ3) is 11.7. The first-order chi connectivity index (χ1) is 10.3. The Hall–Kier alpha value is 0.177. The molecule has 0 radical (unpaired) electrons. The summed E-state index contributed by atoms with van der Waals surface area (Å²) in [6.07, 6.45) is 8.26. The molecule has 0 saturated carbocycles. The molecule has 0 aliphatic rings. The molecule has 0 amide bonds. The van der Waals surface area contributed by atoms with Crippen molar-refractivity contribution in [1.82, 2.24) is 0 Å². The maximum atomic E-state index is 6.51. The number of rotatable bonds is 14. The van der Waals surface area contributed by atoms with Gasteiger partial charge in [0.2, 0.25) is 0 Å². The van der Waals surface area contributed by atoms with Crippen molar-refractivity contribution in [1.29, 1.82) is 0 Å². The Morgan fingerprint density at radius 3 is 1.18 bits per heavy atom. The van der Waals surface area contributed by atoms with Gasteiger partial charge in [-0.1, -0.05) is 80.1 Å². The summed E-state index contributed by atoms with van der Waals surface area (Å²) in [5.74, 6) is 2.50. The summed E-state index contributed by atoms with van der Waals surface area (Å²) in [6.45, 7) is 17.2. The van der Waals surface area contributed by atoms with E-state index in [0.29, 0.717) is 0 Å². The fourth-order valence-electron chi connectivity index (χ4n) is 3.40. The molecule has 0 saturated heterocycles. The van der Waals surface area contributed by atoms with Crippen LogP contribution in [0.4, 0.5) is 0 Å². The molecule has 0 spiro atoms. The van der Waals surface area contributed by atoms with E-state index in [0.717, 1.165) is 24.4 Å². The lowest BCUT2D eigenvalue weighted by molar-refractivity contribution is 0.311. The average Bonchev–Trinajstić information content (AvgIpc) is 2.37. The quantitative estimate of drug-likeness (QED) is 0.304. The van der Waals surface area contributed by atoms with Crippen LogP contribution in [-0.2, 0) is 4.43 Å². The van der Waals surface area contributed by atoms with Gasteiger partial charge in [-0.15, -0.1) is 0 Å². The Bertz CT molecular complexity index is 212. The van der Waals surface area contributed by atoms with Gasteiger partial charge in [0.25, 0.3) is 0 Å². The van der Waals surface area contributed by atoms with Gasteiger partial charge in [-0.25, -0.2) is 0 Å². The topological polar surface area (TPSA) is 9.23 Å². The smallest absolute Gasteiger partial charge is 0.192 e. The highest BCUT2D eigenvalue weighted by atomic mass is 28.4. The van der Waals surface area contributed by atoms with Crippen molar-refractivity contribution < 1.29 is 4.43 Å². The third-order valence-electron chi connectivity index (χ3n) is 4.69. The van der Waals surface area contributed by atoms with Gasteiger partial charge >= 0.3 is 0 Å². The molecule has 22 heavy (non-hydrogen) atoms. The van der Waals surface area contributed by atoms with E-state index in [9.17, 15) is 0 Å². The first-order valence-corrected chi connectivity index (χ1v) is 12.5. The maximum absolute atomic E-state index is 6.51. The molecule has 0 aromatic rings. The van der Waals surface area contributed by atoms with Gasteiger partial charge < -0.3 is 4.43 Å². The van der Waals surface area contributed by atoms with E-state index in [-0.39, 0.29) is 0 Å². The van der Waals surface area contributed by atoms with E-state index in [1.807, 2.05) is 0 Å². The van der Waals surface area contributed by atoms with Crippen LogP contribution in [0.25, 0.3) is 0 Å². The van der Waals surface area contributed by atoms with Gasteiger partial charge in [-0.3, -0.25) is 0 Å². The summed E-state index contributed by atoms with van der Waals surface area (Å²) in [6, 6.07) is 4.19. The monoisotopic (exact) mass is 328 g/mol. The van der Waals surface area contributed by atoms with Crippen LogP contribution in [0.3, 0.4) is 0 Å². The Kier molecular flexibility index (Phi) is 12.7. The minimum absolute atomic E-state index is 0.833. The second-order valence-corrected chi connectivity index (χ2v) is 12.6. The van der Waals surface area contributed by atoms with Gasteiger partial charge in [0.15, 0.2) is 8.32 Å². The molecule has 0 fully saturated rings. The fourth-order valence-corrected chi connectivity index (χ4v) is 7.74. The molecule has 1 nitrogen and oxygen atoms in total. The summed E-state index contributed by atoms with van der Waals surface area (Å²) in [5, 5.41) is 0. The van der Waals surface area contributed by atoms with E-state index in [2.05, 4.69) is 48.5 Å². The van der Waals surface area contributed by atoms with Crippen molar-refractivity contribution in [2.24, 2.45) is 17.8 Å². The van der Waals surface area contributed by atoms with E-state index >= 15 is 0 Å². The first kappa shape index (κ1) is 22.2. The predicted octanol–water partition coefficient (Wildman–Crippen LogP) is 7.28. The largest absolute Gasteiger partial charge is 0.417 e. The van der Waals surface area contributed by atoms with Crippen LogP contribution in [0, 0.1) is 17.8 Å². The first-order valence-electron chi connectivity index (χ1n) is 9.95. The van der Waals surface area contributed by atoms with Crippen LogP contribution in [0.2, 0.25) is 18.1 Å². The van der Waals surface area contributed by atoms with Gasteiger partial charge in [0.05, 0.1) is 0 Å². The van der Waals surface area contributed by atoms with Crippen LogP contribution in [0.1, 0.15) is 87.0 Å². The second-order valence-electron chi connectivity index (χ2n) is 8.47. The molecule has 0 bridgehead atoms. The molecule has 0 aliphatic carbocycles. The molecular formula is C20H44OSi. The molecule has 0 atom stereocenters. The van der Waals surface area contributed by atoms with Crippen LogP contribution in [-0.4, -0.2) is 14.9 Å². The van der Waals surface area contributed by atoms with Crippen LogP contribution in [0.5, 0.6) is 0 Å². The summed E-state index contributed by atoms with van der Waals surface area (Å²) in [5.41, 5.74) is 0. The molecular weight excluding hydrogens is 284 g/mol. The van der Waals surface area contributed by atoms with Crippen LogP contribution in [0.15, 0.2) is 0 Å². The highest BCUT2D eigenvalue weighted by Crippen LogP contribution is 2.31. The maximum Gasteiger partial charge on any atom is 0.192 e. The summed E-state index contributed by atoms with van der Waals surface area (Å²) in [4.78, 5) is 0. The van der Waals surface area contributed by atoms with E-state index in [1.54, 1.807) is 0 Å². The molecule has 0 unspecified atom stereocenters. The second kappa shape index (κ2) is 12.6. The highest BCUT2D eigenvalue weighted by molar-refractivity contribution is 6.73. The lowest BCUT2D eigenvalue weighted by atomic mass is 10.1. The third-order valence-corrected chi connectivity index (χ3v) is 9.39. The molecule has 0 aliphatic heterocycles. The standard InChI is InChI=1S/C20H44OSi/c1-8-21-22(15-9-12-18(2)3,16-10-13-19(4)5)17-11-14-20(6)7/h18-20H,8-17H2,1-7H3. The molecule has 0 heterocycles. The van der Waals surface area contributed by atoms with Crippen LogP contribution >= 0.6 is 0 Å². The van der Waals surface area contributed by atoms with Gasteiger partial charge in [-0.05, 0) is 42.8 Å². The Balaban J connectivity index is 4.60. The van der Waals surface area contributed by atoms with Gasteiger partial charge in [-0.2, -0.15) is 0 Å². The summed E-state index contributed by atoms with van der Waals surface area (Å²) >= 11 is 0. The molecule has 0 rings (SSSR count). The molecule has 0 aromatic carbocycles. The van der Waals surface area contributed by atoms with Crippen LogP contribution < -0.4 is 0 Å². The summed E-state index contributed by atoms with van der Waals surface area (Å²) in [7, 11) is -1.50. The number of hydrogen-bond acceptors (Lipinski definition) is 1. The number of hydrogen-bond donors (Lipinski definition) is 0. The zero-order valence-corrected chi connectivity index (χ0v) is 17.7.